The maximum Gasteiger partial charge on any atom is 0.282 e. The summed E-state index contributed by atoms with van der Waals surface area (Å²) < 4.78 is 54.8. The van der Waals surface area contributed by atoms with Gasteiger partial charge in [-0.2, -0.15) is 5.10 Å². The number of halogens is 4. The Balaban J connectivity index is 2.32. The Morgan fingerprint density at radius 1 is 1.08 bits per heavy atom. The van der Waals surface area contributed by atoms with Crippen LogP contribution in [-0.4, -0.2) is 15.7 Å². The molecule has 0 spiro atoms. The van der Waals surface area contributed by atoms with E-state index in [0.717, 1.165) is 22.9 Å². The van der Waals surface area contributed by atoms with Gasteiger partial charge in [0, 0.05) is 18.7 Å². The van der Waals surface area contributed by atoms with Crippen LogP contribution in [0, 0.1) is 11.6 Å². The minimum Gasteiger partial charge on any atom is -0.365 e. The highest BCUT2D eigenvalue weighted by Crippen LogP contribution is 2.37. The van der Waals surface area contributed by atoms with Gasteiger partial charge in [-0.25, -0.2) is 17.6 Å². The molecule has 3 aromatic rings. The maximum atomic E-state index is 13.6. The van der Waals surface area contributed by atoms with Crippen molar-refractivity contribution in [2.75, 3.05) is 0 Å². The number of aromatic nitrogens is 2. The molecule has 2 aromatic carbocycles. The van der Waals surface area contributed by atoms with Gasteiger partial charge in [-0.15, -0.1) is 0 Å². The molecular weight excluding hydrogens is 350 g/mol. The lowest BCUT2D eigenvalue weighted by Crippen LogP contribution is -2.14. The lowest BCUT2D eigenvalue weighted by molar-refractivity contribution is 0.0985. The first kappa shape index (κ1) is 17.7. The van der Waals surface area contributed by atoms with Gasteiger partial charge in [-0.1, -0.05) is 24.3 Å². The Morgan fingerprint density at radius 2 is 1.65 bits per heavy atom. The van der Waals surface area contributed by atoms with E-state index in [1.165, 1.54) is 13.1 Å². The molecule has 0 unspecified atom stereocenters. The summed E-state index contributed by atoms with van der Waals surface area (Å²) in [5.74, 6) is -2.64. The Labute approximate surface area is 145 Å². The summed E-state index contributed by atoms with van der Waals surface area (Å²) in [4.78, 5) is 11.8. The topological polar surface area (TPSA) is 60.9 Å². The number of aryl methyl sites for hydroxylation is 1. The van der Waals surface area contributed by atoms with Gasteiger partial charge >= 0.3 is 0 Å². The molecule has 0 fully saturated rings. The summed E-state index contributed by atoms with van der Waals surface area (Å²) in [5, 5.41) is 3.70. The van der Waals surface area contributed by atoms with E-state index in [1.54, 1.807) is 18.2 Å². The third-order valence-corrected chi connectivity index (χ3v) is 3.88. The molecule has 0 bridgehead atoms. The fourth-order valence-electron chi connectivity index (χ4n) is 2.90. The number of nitrogens with zero attached hydrogens (tertiary/aromatic N) is 2. The predicted molar refractivity (Wildman–Crippen MR) is 87.5 cm³/mol. The molecule has 8 heteroatoms. The van der Waals surface area contributed by atoms with E-state index in [0.29, 0.717) is 11.1 Å². The highest BCUT2D eigenvalue weighted by atomic mass is 19.3. The molecule has 4 nitrogen and oxygen atoms in total. The molecule has 0 radical (unpaired) electrons. The van der Waals surface area contributed by atoms with Crippen LogP contribution >= 0.6 is 0 Å². The van der Waals surface area contributed by atoms with Crippen molar-refractivity contribution in [2.24, 2.45) is 12.8 Å². The summed E-state index contributed by atoms with van der Waals surface area (Å²) in [6.07, 6.45) is -3.00. The number of nitrogens with two attached hydrogens (primary N) is 1. The molecule has 134 valence electrons. The van der Waals surface area contributed by atoms with Crippen molar-refractivity contribution < 1.29 is 22.4 Å². The van der Waals surface area contributed by atoms with E-state index in [1.807, 2.05) is 0 Å². The van der Waals surface area contributed by atoms with Gasteiger partial charge in [-0.3, -0.25) is 9.48 Å². The number of primary amides is 1. The first-order valence-electron chi connectivity index (χ1n) is 7.50. The number of benzene rings is 2. The first-order chi connectivity index (χ1) is 12.3. The molecule has 1 aromatic heterocycles. The van der Waals surface area contributed by atoms with E-state index in [2.05, 4.69) is 5.10 Å². The van der Waals surface area contributed by atoms with Gasteiger partial charge in [0.25, 0.3) is 12.3 Å². The number of hydrogen-bond donors (Lipinski definition) is 1. The molecule has 0 aliphatic heterocycles. The van der Waals surface area contributed by atoms with Gasteiger partial charge in [0.1, 0.15) is 17.3 Å². The van der Waals surface area contributed by atoms with Gasteiger partial charge < -0.3 is 5.73 Å². The van der Waals surface area contributed by atoms with Crippen molar-refractivity contribution in [3.05, 3.63) is 65.4 Å². The number of hydrogen-bond acceptors (Lipinski definition) is 2. The fourth-order valence-corrected chi connectivity index (χ4v) is 2.90. The molecule has 0 aliphatic carbocycles. The Kier molecular flexibility index (Phi) is 4.50. The molecule has 1 heterocycles. The van der Waals surface area contributed by atoms with Crippen molar-refractivity contribution in [1.29, 1.82) is 0 Å². The molecule has 0 atom stereocenters. The monoisotopic (exact) mass is 363 g/mol. The maximum absolute atomic E-state index is 13.6. The zero-order valence-electron chi connectivity index (χ0n) is 13.5. The molecular formula is C18H13F4N3O. The van der Waals surface area contributed by atoms with E-state index in [4.69, 9.17) is 5.73 Å². The van der Waals surface area contributed by atoms with Crippen LogP contribution in [0.4, 0.5) is 17.6 Å². The largest absolute Gasteiger partial charge is 0.365 e. The van der Waals surface area contributed by atoms with Crippen LogP contribution in [0.5, 0.6) is 0 Å². The zero-order chi connectivity index (χ0) is 19.0. The third-order valence-electron chi connectivity index (χ3n) is 3.88. The van der Waals surface area contributed by atoms with Crippen molar-refractivity contribution in [3.8, 4) is 22.4 Å². The molecule has 0 saturated heterocycles. The lowest BCUT2D eigenvalue weighted by Gasteiger charge is -2.12. The standard InChI is InChI=1S/C18H13F4N3O/c1-25-16(14(18(23)26)15(24-25)17(21)22)13-5-3-2-4-12(13)9-6-10(19)8-11(20)7-9/h2-8,17H,1H3,(H2,23,26). The second-order valence-electron chi connectivity index (χ2n) is 5.60. The Bertz CT molecular complexity index is 978. The second-order valence-corrected chi connectivity index (χ2v) is 5.60. The molecule has 26 heavy (non-hydrogen) atoms. The molecule has 0 saturated carbocycles. The summed E-state index contributed by atoms with van der Waals surface area (Å²) in [6.45, 7) is 0. The van der Waals surface area contributed by atoms with Crippen LogP contribution in [0.1, 0.15) is 22.5 Å². The van der Waals surface area contributed by atoms with Crippen LogP contribution in [0.15, 0.2) is 42.5 Å². The minimum absolute atomic E-state index is 0.0491. The van der Waals surface area contributed by atoms with Crippen molar-refractivity contribution in [1.82, 2.24) is 9.78 Å². The molecule has 2 N–H and O–H groups in total. The molecule has 3 rings (SSSR count). The number of alkyl halides is 2. The number of carbonyl (C=O) groups excluding carboxylic acids is 1. The molecule has 0 aliphatic rings. The average Bonchev–Trinajstić information content (AvgIpc) is 2.91. The van der Waals surface area contributed by atoms with E-state index < -0.39 is 35.2 Å². The number of amides is 1. The normalized spacial score (nSPS) is 11.2. The number of rotatable bonds is 4. The highest BCUT2D eigenvalue weighted by molar-refractivity contribution is 6.02. The number of carbonyl (C=O) groups is 1. The quantitative estimate of drug-likeness (QED) is 0.711. The summed E-state index contributed by atoms with van der Waals surface area (Å²) in [6, 6.07) is 9.26. The summed E-state index contributed by atoms with van der Waals surface area (Å²) in [7, 11) is 1.39. The van der Waals surface area contributed by atoms with Crippen LogP contribution in [0.25, 0.3) is 22.4 Å². The predicted octanol–water partition coefficient (Wildman–Crippen LogP) is 4.07. The Morgan fingerprint density at radius 3 is 2.19 bits per heavy atom. The van der Waals surface area contributed by atoms with Gasteiger partial charge in [-0.05, 0) is 23.3 Å². The van der Waals surface area contributed by atoms with Crippen LogP contribution in [0.2, 0.25) is 0 Å². The highest BCUT2D eigenvalue weighted by Gasteiger charge is 2.28. The third kappa shape index (κ3) is 3.05. The first-order valence-corrected chi connectivity index (χ1v) is 7.50. The minimum atomic E-state index is -3.00. The van der Waals surface area contributed by atoms with Gasteiger partial charge in [0.15, 0.2) is 0 Å². The smallest absolute Gasteiger partial charge is 0.282 e. The van der Waals surface area contributed by atoms with Crippen LogP contribution in [0.3, 0.4) is 0 Å². The van der Waals surface area contributed by atoms with E-state index in [-0.39, 0.29) is 11.3 Å². The summed E-state index contributed by atoms with van der Waals surface area (Å²) in [5.41, 5.74) is 5.01. The second kappa shape index (κ2) is 6.62. The zero-order valence-corrected chi connectivity index (χ0v) is 13.5. The van der Waals surface area contributed by atoms with Crippen molar-refractivity contribution in [2.45, 2.75) is 6.43 Å². The van der Waals surface area contributed by atoms with Crippen molar-refractivity contribution in [3.63, 3.8) is 0 Å². The van der Waals surface area contributed by atoms with Crippen LogP contribution in [-0.2, 0) is 7.05 Å². The SMILES string of the molecule is Cn1nc(C(F)F)c(C(N)=O)c1-c1ccccc1-c1cc(F)cc(F)c1. The Hall–Kier alpha value is -3.16. The fraction of sp³-hybridized carbons (Fsp3) is 0.111. The van der Waals surface area contributed by atoms with Crippen LogP contribution < -0.4 is 5.73 Å². The van der Waals surface area contributed by atoms with Crippen molar-refractivity contribution >= 4 is 5.91 Å². The molecule has 1 amide bonds. The lowest BCUT2D eigenvalue weighted by atomic mass is 9.95. The van der Waals surface area contributed by atoms with E-state index in [9.17, 15) is 22.4 Å². The van der Waals surface area contributed by atoms with Gasteiger partial charge in [0.05, 0.1) is 11.3 Å². The van der Waals surface area contributed by atoms with E-state index >= 15 is 0 Å². The summed E-state index contributed by atoms with van der Waals surface area (Å²) >= 11 is 0. The average molecular weight is 363 g/mol. The van der Waals surface area contributed by atoms with Gasteiger partial charge in [0.2, 0.25) is 0 Å².